The number of carbonyl (C=O) groups excluding carboxylic acids is 1. The molecule has 1 amide bonds. The lowest BCUT2D eigenvalue weighted by molar-refractivity contribution is -0.135. The molecule has 1 fully saturated rings. The highest BCUT2D eigenvalue weighted by Gasteiger charge is 2.30. The summed E-state index contributed by atoms with van der Waals surface area (Å²) in [5, 5.41) is 0. The van der Waals surface area contributed by atoms with Crippen LogP contribution in [0.2, 0.25) is 0 Å². The normalized spacial score (nSPS) is 22.2. The number of anilines is 1. The summed E-state index contributed by atoms with van der Waals surface area (Å²) in [6.45, 7) is 2.71. The molecule has 0 aliphatic carbocycles. The summed E-state index contributed by atoms with van der Waals surface area (Å²) in [4.78, 5) is 13.8. The van der Waals surface area contributed by atoms with Crippen LogP contribution in [0, 0.1) is 0 Å². The van der Waals surface area contributed by atoms with Crippen molar-refractivity contribution in [3.63, 3.8) is 0 Å². The third kappa shape index (κ3) is 3.38. The van der Waals surface area contributed by atoms with Crippen LogP contribution >= 0.6 is 0 Å². The molecule has 0 spiro atoms. The van der Waals surface area contributed by atoms with E-state index in [1.54, 1.807) is 36.2 Å². The second kappa shape index (κ2) is 5.93. The Morgan fingerprint density at radius 1 is 1.58 bits per heavy atom. The summed E-state index contributed by atoms with van der Waals surface area (Å²) in [6, 6.07) is 7.20. The molecule has 1 aromatic carbocycles. The van der Waals surface area contributed by atoms with Gasteiger partial charge in [-0.15, -0.1) is 0 Å². The highest BCUT2D eigenvalue weighted by atomic mass is 16.5. The SMILES string of the molecule is CC1OCCC1N(C)C(=O)COc1cccc(N)c1. The van der Waals surface area contributed by atoms with Crippen molar-refractivity contribution in [1.29, 1.82) is 0 Å². The van der Waals surface area contributed by atoms with E-state index < -0.39 is 0 Å². The second-order valence-electron chi connectivity index (χ2n) is 4.80. The minimum atomic E-state index is -0.0511. The van der Waals surface area contributed by atoms with Crippen LogP contribution in [-0.2, 0) is 9.53 Å². The summed E-state index contributed by atoms with van der Waals surface area (Å²) >= 11 is 0. The molecular weight excluding hydrogens is 244 g/mol. The van der Waals surface area contributed by atoms with E-state index >= 15 is 0 Å². The molecule has 0 radical (unpaired) electrons. The maximum Gasteiger partial charge on any atom is 0.260 e. The standard InChI is InChI=1S/C14H20N2O3/c1-10-13(6-7-18-10)16(2)14(17)9-19-12-5-3-4-11(15)8-12/h3-5,8,10,13H,6-7,9,15H2,1-2H3. The first kappa shape index (κ1) is 13.7. The van der Waals surface area contributed by atoms with Gasteiger partial charge in [0, 0.05) is 25.4 Å². The lowest BCUT2D eigenvalue weighted by Crippen LogP contribution is -2.43. The van der Waals surface area contributed by atoms with Gasteiger partial charge in [-0.2, -0.15) is 0 Å². The minimum absolute atomic E-state index is 0.0170. The van der Waals surface area contributed by atoms with E-state index in [1.165, 1.54) is 0 Å². The second-order valence-corrected chi connectivity index (χ2v) is 4.80. The Balaban J connectivity index is 1.87. The average Bonchev–Trinajstić information content (AvgIpc) is 2.81. The van der Waals surface area contributed by atoms with Crippen molar-refractivity contribution in [2.45, 2.75) is 25.5 Å². The van der Waals surface area contributed by atoms with Crippen LogP contribution in [0.4, 0.5) is 5.69 Å². The van der Waals surface area contributed by atoms with Gasteiger partial charge in [-0.3, -0.25) is 4.79 Å². The summed E-state index contributed by atoms with van der Waals surface area (Å²) in [6.07, 6.45) is 0.961. The van der Waals surface area contributed by atoms with E-state index in [1.807, 2.05) is 6.92 Å². The molecule has 1 saturated heterocycles. The molecule has 2 rings (SSSR count). The maximum atomic E-state index is 12.0. The van der Waals surface area contributed by atoms with Gasteiger partial charge in [0.2, 0.25) is 0 Å². The number of rotatable bonds is 4. The molecule has 1 aromatic rings. The molecule has 104 valence electrons. The average molecular weight is 264 g/mol. The summed E-state index contributed by atoms with van der Waals surface area (Å²) in [5.74, 6) is 0.558. The zero-order chi connectivity index (χ0) is 13.8. The minimum Gasteiger partial charge on any atom is -0.484 e. The molecule has 2 atom stereocenters. The molecule has 0 saturated carbocycles. The van der Waals surface area contributed by atoms with Gasteiger partial charge in [-0.1, -0.05) is 6.07 Å². The van der Waals surface area contributed by atoms with Crippen LogP contribution in [-0.4, -0.2) is 43.2 Å². The number of nitrogens with zero attached hydrogens (tertiary/aromatic N) is 1. The fraction of sp³-hybridized carbons (Fsp3) is 0.500. The van der Waals surface area contributed by atoms with Gasteiger partial charge in [-0.05, 0) is 25.5 Å². The predicted octanol–water partition coefficient (Wildman–Crippen LogP) is 1.28. The fourth-order valence-corrected chi connectivity index (χ4v) is 2.27. The van der Waals surface area contributed by atoms with Crippen molar-refractivity contribution in [2.24, 2.45) is 0 Å². The van der Waals surface area contributed by atoms with Gasteiger partial charge in [-0.25, -0.2) is 0 Å². The molecule has 0 aromatic heterocycles. The van der Waals surface area contributed by atoms with Gasteiger partial charge in [0.25, 0.3) is 5.91 Å². The first-order valence-electron chi connectivity index (χ1n) is 6.43. The monoisotopic (exact) mass is 264 g/mol. The Kier molecular flexibility index (Phi) is 4.27. The Labute approximate surface area is 113 Å². The Morgan fingerprint density at radius 3 is 3.00 bits per heavy atom. The number of ether oxygens (including phenoxy) is 2. The highest BCUT2D eigenvalue weighted by molar-refractivity contribution is 5.78. The maximum absolute atomic E-state index is 12.0. The van der Waals surface area contributed by atoms with Crippen LogP contribution in [0.25, 0.3) is 0 Å². The van der Waals surface area contributed by atoms with Gasteiger partial charge in [0.1, 0.15) is 5.75 Å². The number of nitrogens with two attached hydrogens (primary N) is 1. The molecule has 0 bridgehead atoms. The molecular formula is C14H20N2O3. The summed E-state index contributed by atoms with van der Waals surface area (Å²) < 4.78 is 10.9. The molecule has 5 nitrogen and oxygen atoms in total. The van der Waals surface area contributed by atoms with Crippen LogP contribution < -0.4 is 10.5 Å². The number of amides is 1. The zero-order valence-electron chi connectivity index (χ0n) is 11.3. The Bertz CT molecular complexity index is 450. The van der Waals surface area contributed by atoms with Crippen molar-refractivity contribution < 1.29 is 14.3 Å². The lowest BCUT2D eigenvalue weighted by Gasteiger charge is -2.26. The molecule has 5 heteroatoms. The molecule has 19 heavy (non-hydrogen) atoms. The predicted molar refractivity (Wildman–Crippen MR) is 72.9 cm³/mol. The number of likely N-dealkylation sites (N-methyl/N-ethyl adjacent to an activating group) is 1. The van der Waals surface area contributed by atoms with Crippen LogP contribution in [0.15, 0.2) is 24.3 Å². The molecule has 1 heterocycles. The van der Waals surface area contributed by atoms with Crippen molar-refractivity contribution >= 4 is 11.6 Å². The third-order valence-electron chi connectivity index (χ3n) is 3.45. The van der Waals surface area contributed by atoms with E-state index in [0.29, 0.717) is 18.0 Å². The van der Waals surface area contributed by atoms with Crippen molar-refractivity contribution in [3.05, 3.63) is 24.3 Å². The van der Waals surface area contributed by atoms with Gasteiger partial charge < -0.3 is 20.1 Å². The molecule has 1 aliphatic heterocycles. The highest BCUT2D eigenvalue weighted by Crippen LogP contribution is 2.19. The van der Waals surface area contributed by atoms with E-state index in [0.717, 1.165) is 6.42 Å². The van der Waals surface area contributed by atoms with Crippen LogP contribution in [0.3, 0.4) is 0 Å². The Morgan fingerprint density at radius 2 is 2.37 bits per heavy atom. The van der Waals surface area contributed by atoms with E-state index in [4.69, 9.17) is 15.2 Å². The molecule has 1 aliphatic rings. The number of hydrogen-bond acceptors (Lipinski definition) is 4. The molecule has 2 N–H and O–H groups in total. The summed E-state index contributed by atoms with van der Waals surface area (Å²) in [7, 11) is 1.79. The quantitative estimate of drug-likeness (QED) is 0.832. The smallest absolute Gasteiger partial charge is 0.260 e. The van der Waals surface area contributed by atoms with Gasteiger partial charge >= 0.3 is 0 Å². The van der Waals surface area contributed by atoms with Gasteiger partial charge in [0.15, 0.2) is 6.61 Å². The first-order valence-corrected chi connectivity index (χ1v) is 6.43. The third-order valence-corrected chi connectivity index (χ3v) is 3.45. The first-order chi connectivity index (χ1) is 9.08. The number of hydrogen-bond donors (Lipinski definition) is 1. The van der Waals surface area contributed by atoms with Gasteiger partial charge in [0.05, 0.1) is 12.1 Å². The van der Waals surface area contributed by atoms with Crippen molar-refractivity contribution in [3.8, 4) is 5.75 Å². The Hall–Kier alpha value is -1.75. The zero-order valence-corrected chi connectivity index (χ0v) is 11.3. The van der Waals surface area contributed by atoms with Crippen LogP contribution in [0.1, 0.15) is 13.3 Å². The number of benzene rings is 1. The number of carbonyl (C=O) groups is 1. The molecule has 2 unspecified atom stereocenters. The van der Waals surface area contributed by atoms with Crippen molar-refractivity contribution in [2.75, 3.05) is 26.0 Å². The van der Waals surface area contributed by atoms with E-state index in [2.05, 4.69) is 0 Å². The largest absolute Gasteiger partial charge is 0.484 e. The summed E-state index contributed by atoms with van der Waals surface area (Å²) in [5.41, 5.74) is 6.27. The fourth-order valence-electron chi connectivity index (χ4n) is 2.27. The number of nitrogen functional groups attached to an aromatic ring is 1. The lowest BCUT2D eigenvalue weighted by atomic mass is 10.1. The van der Waals surface area contributed by atoms with E-state index in [-0.39, 0.29) is 24.7 Å². The van der Waals surface area contributed by atoms with Crippen LogP contribution in [0.5, 0.6) is 5.75 Å². The topological polar surface area (TPSA) is 64.8 Å². The van der Waals surface area contributed by atoms with Crippen molar-refractivity contribution in [1.82, 2.24) is 4.90 Å². The van der Waals surface area contributed by atoms with E-state index in [9.17, 15) is 4.79 Å².